The topological polar surface area (TPSA) is 43.7 Å². The zero-order valence-electron chi connectivity index (χ0n) is 6.67. The van der Waals surface area contributed by atoms with Crippen molar-refractivity contribution in [3.8, 4) is 0 Å². The zero-order valence-corrected chi connectivity index (χ0v) is 7.43. The van der Waals surface area contributed by atoms with E-state index in [-0.39, 0.29) is 13.2 Å². The van der Waals surface area contributed by atoms with Gasteiger partial charge in [0, 0.05) is 19.0 Å². The van der Waals surface area contributed by atoms with E-state index < -0.39 is 0 Å². The fourth-order valence-electron chi connectivity index (χ4n) is 0.902. The van der Waals surface area contributed by atoms with Gasteiger partial charge < -0.3 is 10.2 Å². The molecule has 11 heavy (non-hydrogen) atoms. The maximum absolute atomic E-state index is 8.61. The van der Waals surface area contributed by atoms with Gasteiger partial charge in [-0.2, -0.15) is 0 Å². The van der Waals surface area contributed by atoms with E-state index in [1.807, 2.05) is 4.90 Å². The summed E-state index contributed by atoms with van der Waals surface area (Å²) < 4.78 is 0. The molecule has 2 N–H and O–H groups in total. The van der Waals surface area contributed by atoms with Crippen LogP contribution in [-0.4, -0.2) is 53.8 Å². The van der Waals surface area contributed by atoms with Crippen LogP contribution in [0, 0.1) is 0 Å². The average molecular weight is 182 g/mol. The third kappa shape index (κ3) is 6.56. The Bertz CT molecular complexity index is 76.8. The van der Waals surface area contributed by atoms with Crippen molar-refractivity contribution in [1.82, 2.24) is 4.90 Å². The molecule has 0 amide bonds. The van der Waals surface area contributed by atoms with Crippen LogP contribution >= 0.6 is 11.6 Å². The van der Waals surface area contributed by atoms with E-state index in [9.17, 15) is 0 Å². The summed E-state index contributed by atoms with van der Waals surface area (Å²) in [5.74, 6) is 0.632. The van der Waals surface area contributed by atoms with Crippen molar-refractivity contribution >= 4 is 11.6 Å². The van der Waals surface area contributed by atoms with Gasteiger partial charge in [0.05, 0.1) is 13.2 Å². The van der Waals surface area contributed by atoms with Crippen molar-refractivity contribution in [1.29, 1.82) is 0 Å². The highest BCUT2D eigenvalue weighted by molar-refractivity contribution is 6.17. The van der Waals surface area contributed by atoms with Gasteiger partial charge in [-0.15, -0.1) is 11.6 Å². The first kappa shape index (κ1) is 11.2. The summed E-state index contributed by atoms with van der Waals surface area (Å²) in [6.07, 6.45) is 0.904. The first-order chi connectivity index (χ1) is 5.35. The van der Waals surface area contributed by atoms with E-state index in [0.717, 1.165) is 13.0 Å². The van der Waals surface area contributed by atoms with Crippen LogP contribution in [-0.2, 0) is 0 Å². The van der Waals surface area contributed by atoms with Crippen LogP contribution in [0.2, 0.25) is 0 Å². The van der Waals surface area contributed by atoms with Gasteiger partial charge in [-0.25, -0.2) is 0 Å². The van der Waals surface area contributed by atoms with Crippen LogP contribution in [0.25, 0.3) is 0 Å². The van der Waals surface area contributed by atoms with E-state index in [1.54, 1.807) is 0 Å². The molecular formula is C7H16ClNO2. The van der Waals surface area contributed by atoms with Gasteiger partial charge >= 0.3 is 0 Å². The average Bonchev–Trinajstić information content (AvgIpc) is 2.01. The van der Waals surface area contributed by atoms with E-state index >= 15 is 0 Å². The fourth-order valence-corrected chi connectivity index (χ4v) is 1.02. The van der Waals surface area contributed by atoms with Crippen molar-refractivity contribution in [2.24, 2.45) is 0 Å². The summed E-state index contributed by atoms with van der Waals surface area (Å²) in [4.78, 5) is 1.99. The van der Waals surface area contributed by atoms with E-state index in [2.05, 4.69) is 0 Å². The maximum atomic E-state index is 8.61. The van der Waals surface area contributed by atoms with Crippen LogP contribution < -0.4 is 0 Å². The lowest BCUT2D eigenvalue weighted by Crippen LogP contribution is -2.30. The molecule has 0 spiro atoms. The number of hydrogen-bond donors (Lipinski definition) is 2. The van der Waals surface area contributed by atoms with E-state index in [0.29, 0.717) is 19.0 Å². The Balaban J connectivity index is 3.34. The molecule has 0 aromatic heterocycles. The highest BCUT2D eigenvalue weighted by atomic mass is 35.5. The summed E-state index contributed by atoms with van der Waals surface area (Å²) >= 11 is 5.49. The molecule has 0 rings (SSSR count). The Labute approximate surface area is 72.6 Å². The van der Waals surface area contributed by atoms with Crippen molar-refractivity contribution in [2.45, 2.75) is 6.42 Å². The molecule has 0 atom stereocenters. The predicted octanol–water partition coefficient (Wildman–Crippen LogP) is -0.0981. The number of aliphatic hydroxyl groups excluding tert-OH is 2. The first-order valence-corrected chi connectivity index (χ1v) is 4.38. The SMILES string of the molecule is OCCN(CCO)CCCCl. The minimum Gasteiger partial charge on any atom is -0.395 e. The lowest BCUT2D eigenvalue weighted by atomic mass is 10.4. The van der Waals surface area contributed by atoms with Gasteiger partial charge in [0.15, 0.2) is 0 Å². The summed E-state index contributed by atoms with van der Waals surface area (Å²) in [6.45, 7) is 2.38. The Hall–Kier alpha value is 0.170. The molecule has 0 aliphatic rings. The van der Waals surface area contributed by atoms with Crippen LogP contribution in [0.3, 0.4) is 0 Å². The molecule has 0 saturated heterocycles. The molecule has 0 heterocycles. The second-order valence-corrected chi connectivity index (χ2v) is 2.71. The summed E-state index contributed by atoms with van der Waals surface area (Å²) in [5, 5.41) is 17.2. The third-order valence-electron chi connectivity index (χ3n) is 1.44. The quantitative estimate of drug-likeness (QED) is 0.540. The van der Waals surface area contributed by atoms with Gasteiger partial charge in [-0.3, -0.25) is 4.90 Å². The summed E-state index contributed by atoms with van der Waals surface area (Å²) in [6, 6.07) is 0. The van der Waals surface area contributed by atoms with Gasteiger partial charge in [-0.05, 0) is 13.0 Å². The predicted molar refractivity (Wildman–Crippen MR) is 45.9 cm³/mol. The largest absolute Gasteiger partial charge is 0.395 e. The normalized spacial score (nSPS) is 10.9. The van der Waals surface area contributed by atoms with Crippen LogP contribution in [0.5, 0.6) is 0 Å². The van der Waals surface area contributed by atoms with Crippen LogP contribution in [0.4, 0.5) is 0 Å². The standard InChI is InChI=1S/C7H16ClNO2/c8-2-1-3-9(4-6-10)5-7-11/h10-11H,1-7H2. The molecule has 0 aromatic carbocycles. The Morgan fingerprint density at radius 2 is 1.55 bits per heavy atom. The fraction of sp³-hybridized carbons (Fsp3) is 1.00. The Morgan fingerprint density at radius 3 is 1.91 bits per heavy atom. The lowest BCUT2D eigenvalue weighted by molar-refractivity contribution is 0.161. The number of halogens is 1. The summed E-state index contributed by atoms with van der Waals surface area (Å²) in [7, 11) is 0. The Morgan fingerprint density at radius 1 is 1.00 bits per heavy atom. The van der Waals surface area contributed by atoms with Crippen LogP contribution in [0.15, 0.2) is 0 Å². The maximum Gasteiger partial charge on any atom is 0.0558 e. The minimum atomic E-state index is 0.141. The second-order valence-electron chi connectivity index (χ2n) is 2.33. The number of aliphatic hydroxyl groups is 2. The molecule has 3 nitrogen and oxygen atoms in total. The minimum absolute atomic E-state index is 0.141. The van der Waals surface area contributed by atoms with Gasteiger partial charge in [0.1, 0.15) is 0 Å². The molecule has 68 valence electrons. The smallest absolute Gasteiger partial charge is 0.0558 e. The molecule has 0 radical (unpaired) electrons. The summed E-state index contributed by atoms with van der Waals surface area (Å²) in [5.41, 5.74) is 0. The van der Waals surface area contributed by atoms with E-state index in [1.165, 1.54) is 0 Å². The first-order valence-electron chi connectivity index (χ1n) is 3.85. The molecule has 0 bridgehead atoms. The lowest BCUT2D eigenvalue weighted by Gasteiger charge is -2.18. The highest BCUT2D eigenvalue weighted by Crippen LogP contribution is 1.92. The van der Waals surface area contributed by atoms with E-state index in [4.69, 9.17) is 21.8 Å². The number of alkyl halides is 1. The van der Waals surface area contributed by atoms with Crippen molar-refractivity contribution in [3.05, 3.63) is 0 Å². The zero-order chi connectivity index (χ0) is 8.53. The molecule has 0 unspecified atom stereocenters. The number of nitrogens with zero attached hydrogens (tertiary/aromatic N) is 1. The van der Waals surface area contributed by atoms with Gasteiger partial charge in [0.25, 0.3) is 0 Å². The van der Waals surface area contributed by atoms with Crippen LogP contribution in [0.1, 0.15) is 6.42 Å². The third-order valence-corrected chi connectivity index (χ3v) is 1.71. The molecular weight excluding hydrogens is 166 g/mol. The Kier molecular flexibility index (Phi) is 8.40. The molecule has 0 fully saturated rings. The molecule has 0 aliphatic heterocycles. The van der Waals surface area contributed by atoms with Gasteiger partial charge in [0.2, 0.25) is 0 Å². The van der Waals surface area contributed by atoms with Crippen molar-refractivity contribution < 1.29 is 10.2 Å². The molecule has 0 aromatic rings. The second kappa shape index (κ2) is 8.27. The number of rotatable bonds is 7. The molecule has 0 aliphatic carbocycles. The van der Waals surface area contributed by atoms with Gasteiger partial charge in [-0.1, -0.05) is 0 Å². The molecule has 4 heteroatoms. The molecule has 0 saturated carbocycles. The number of hydrogen-bond acceptors (Lipinski definition) is 3. The van der Waals surface area contributed by atoms with Crippen molar-refractivity contribution in [2.75, 3.05) is 38.7 Å². The van der Waals surface area contributed by atoms with Crippen molar-refractivity contribution in [3.63, 3.8) is 0 Å². The monoisotopic (exact) mass is 181 g/mol. The highest BCUT2D eigenvalue weighted by Gasteiger charge is 2.01.